The van der Waals surface area contributed by atoms with Crippen LogP contribution in [0.1, 0.15) is 86.5 Å². The fraction of sp³-hybridized carbons (Fsp3) is 0.622. The Bertz CT molecular complexity index is 1240. The van der Waals surface area contributed by atoms with Gasteiger partial charge in [0, 0.05) is 7.11 Å². The highest BCUT2D eigenvalue weighted by atomic mass is 16.7. The van der Waals surface area contributed by atoms with Crippen molar-refractivity contribution in [2.75, 3.05) is 20.7 Å². The maximum Gasteiger partial charge on any atom is 0.316 e. The Morgan fingerprint density at radius 3 is 1.62 bits per heavy atom. The first-order valence-corrected chi connectivity index (χ1v) is 16.5. The Morgan fingerprint density at radius 1 is 0.667 bits per heavy atom. The van der Waals surface area contributed by atoms with E-state index in [1.165, 1.54) is 32.1 Å². The predicted molar refractivity (Wildman–Crippen MR) is 172 cm³/mol. The van der Waals surface area contributed by atoms with Gasteiger partial charge in [0.2, 0.25) is 0 Å². The summed E-state index contributed by atoms with van der Waals surface area (Å²) < 4.78 is 32.7. The Hall–Kier alpha value is -3.10. The van der Waals surface area contributed by atoms with Crippen LogP contribution < -0.4 is 18.9 Å². The van der Waals surface area contributed by atoms with E-state index in [9.17, 15) is 9.59 Å². The molecule has 0 amide bonds. The first kappa shape index (κ1) is 34.8. The molecule has 0 spiro atoms. The standard InChI is InChI=1S/C23H32O4.C14H20O4/c1-4-23(2,3)22(24)27-17-10-8-16(9-11-17)25-14-26-21-13-15-12-20(21)19-7-5-6-18(15)19;1-5-14(2,3)13(15)18-12-8-6-11(7-9-12)17-10-16-4/h8-11,15,18-21H,4-7,12-14H2,1-3H3;6-9H,5,10H2,1-4H3. The molecule has 8 heteroatoms. The molecule has 8 nitrogen and oxygen atoms in total. The zero-order chi connectivity index (χ0) is 32.6. The molecule has 0 heterocycles. The SMILES string of the molecule is CCC(C)(C)C(=O)Oc1ccc(OCOC)cc1.CCC(C)(C)C(=O)Oc1ccc(OCOC2CC3CC2C2CCCC32)cc1. The quantitative estimate of drug-likeness (QED) is 0.125. The van der Waals surface area contributed by atoms with Gasteiger partial charge in [0.05, 0.1) is 16.9 Å². The van der Waals surface area contributed by atoms with Crippen molar-refractivity contribution in [2.45, 2.75) is 92.6 Å². The fourth-order valence-electron chi connectivity index (χ4n) is 6.50. The van der Waals surface area contributed by atoms with E-state index in [1.54, 1.807) is 43.5 Å². The molecule has 0 aromatic heterocycles. The average molecular weight is 625 g/mol. The second-order valence-electron chi connectivity index (χ2n) is 13.9. The molecule has 0 aliphatic heterocycles. The van der Waals surface area contributed by atoms with E-state index < -0.39 is 10.8 Å². The van der Waals surface area contributed by atoms with Crippen LogP contribution >= 0.6 is 0 Å². The number of methoxy groups -OCH3 is 1. The topological polar surface area (TPSA) is 89.5 Å². The summed E-state index contributed by atoms with van der Waals surface area (Å²) in [6, 6.07) is 14.1. The lowest BCUT2D eigenvalue weighted by Gasteiger charge is -2.31. The van der Waals surface area contributed by atoms with E-state index in [0.29, 0.717) is 30.1 Å². The number of rotatable bonds is 13. The average Bonchev–Trinajstić information content (AvgIpc) is 3.77. The van der Waals surface area contributed by atoms with Gasteiger partial charge in [-0.1, -0.05) is 20.3 Å². The summed E-state index contributed by atoms with van der Waals surface area (Å²) in [5.41, 5.74) is -0.937. The predicted octanol–water partition coefficient (Wildman–Crippen LogP) is 8.22. The van der Waals surface area contributed by atoms with Gasteiger partial charge in [0.15, 0.2) is 13.6 Å². The van der Waals surface area contributed by atoms with Gasteiger partial charge >= 0.3 is 11.9 Å². The normalized spacial score (nSPS) is 23.5. The van der Waals surface area contributed by atoms with Crippen molar-refractivity contribution in [3.8, 4) is 23.0 Å². The molecule has 2 aromatic carbocycles. The Kier molecular flexibility index (Phi) is 11.9. The molecule has 3 fully saturated rings. The third-order valence-electron chi connectivity index (χ3n) is 10.2. The molecule has 0 saturated heterocycles. The third-order valence-corrected chi connectivity index (χ3v) is 10.2. The molecule has 2 bridgehead atoms. The lowest BCUT2D eigenvalue weighted by molar-refractivity contribution is -0.144. The minimum absolute atomic E-state index is 0.196. The van der Waals surface area contributed by atoms with Crippen LogP contribution in [-0.4, -0.2) is 38.7 Å². The molecule has 248 valence electrons. The van der Waals surface area contributed by atoms with Crippen LogP contribution in [0.4, 0.5) is 0 Å². The zero-order valence-corrected chi connectivity index (χ0v) is 28.1. The minimum atomic E-state index is -0.470. The van der Waals surface area contributed by atoms with Gasteiger partial charge in [-0.2, -0.15) is 0 Å². The number of hydrogen-bond acceptors (Lipinski definition) is 8. The number of benzene rings is 2. The van der Waals surface area contributed by atoms with Crippen LogP contribution in [0, 0.1) is 34.5 Å². The number of carbonyl (C=O) groups is 2. The maximum absolute atomic E-state index is 12.1. The van der Waals surface area contributed by atoms with E-state index in [1.807, 2.05) is 53.7 Å². The summed E-state index contributed by atoms with van der Waals surface area (Å²) in [6.45, 7) is 12.0. The van der Waals surface area contributed by atoms with Crippen molar-refractivity contribution >= 4 is 11.9 Å². The summed E-state index contributed by atoms with van der Waals surface area (Å²) in [4.78, 5) is 24.0. The van der Waals surface area contributed by atoms with E-state index in [0.717, 1.165) is 42.3 Å². The second-order valence-corrected chi connectivity index (χ2v) is 13.9. The van der Waals surface area contributed by atoms with E-state index >= 15 is 0 Å². The molecule has 3 aliphatic rings. The molecule has 0 N–H and O–H groups in total. The van der Waals surface area contributed by atoms with Gasteiger partial charge in [-0.3, -0.25) is 9.59 Å². The van der Waals surface area contributed by atoms with E-state index in [-0.39, 0.29) is 18.7 Å². The minimum Gasteiger partial charge on any atom is -0.468 e. The van der Waals surface area contributed by atoms with Crippen molar-refractivity contribution in [2.24, 2.45) is 34.5 Å². The molecule has 5 rings (SSSR count). The first-order chi connectivity index (χ1) is 21.5. The van der Waals surface area contributed by atoms with Crippen LogP contribution in [-0.2, 0) is 19.1 Å². The van der Waals surface area contributed by atoms with Gasteiger partial charge in [0.1, 0.15) is 23.0 Å². The molecule has 45 heavy (non-hydrogen) atoms. The summed E-state index contributed by atoms with van der Waals surface area (Å²) in [7, 11) is 1.56. The Morgan fingerprint density at radius 2 is 1.13 bits per heavy atom. The molecular weight excluding hydrogens is 572 g/mol. The van der Waals surface area contributed by atoms with Crippen LogP contribution in [0.25, 0.3) is 0 Å². The summed E-state index contributed by atoms with van der Waals surface area (Å²) in [6.07, 6.45) is 8.72. The highest BCUT2D eigenvalue weighted by Crippen LogP contribution is 2.59. The summed E-state index contributed by atoms with van der Waals surface area (Å²) in [5, 5.41) is 0. The Labute approximate surface area is 269 Å². The third kappa shape index (κ3) is 9.01. The number of fused-ring (bicyclic) bond motifs is 5. The number of ether oxygens (including phenoxy) is 6. The first-order valence-electron chi connectivity index (χ1n) is 16.5. The van der Waals surface area contributed by atoms with Crippen LogP contribution in [0.2, 0.25) is 0 Å². The van der Waals surface area contributed by atoms with E-state index in [2.05, 4.69) is 0 Å². The summed E-state index contributed by atoms with van der Waals surface area (Å²) >= 11 is 0. The molecule has 3 saturated carbocycles. The smallest absolute Gasteiger partial charge is 0.316 e. The zero-order valence-electron chi connectivity index (χ0n) is 28.1. The lowest BCUT2D eigenvalue weighted by atomic mass is 9.80. The van der Waals surface area contributed by atoms with E-state index in [4.69, 9.17) is 28.4 Å². The number of carbonyl (C=O) groups excluding carboxylic acids is 2. The van der Waals surface area contributed by atoms with Crippen LogP contribution in [0.3, 0.4) is 0 Å². The lowest BCUT2D eigenvalue weighted by Crippen LogP contribution is -2.31. The Balaban J connectivity index is 0.000000224. The van der Waals surface area contributed by atoms with Crippen molar-refractivity contribution in [3.05, 3.63) is 48.5 Å². The van der Waals surface area contributed by atoms with Crippen molar-refractivity contribution in [3.63, 3.8) is 0 Å². The highest BCUT2D eigenvalue weighted by Gasteiger charge is 2.54. The highest BCUT2D eigenvalue weighted by molar-refractivity contribution is 5.78. The van der Waals surface area contributed by atoms with Crippen molar-refractivity contribution in [1.82, 2.24) is 0 Å². The number of esters is 2. The fourth-order valence-corrected chi connectivity index (χ4v) is 6.50. The summed E-state index contributed by atoms with van der Waals surface area (Å²) in [5.74, 6) is 5.61. The molecule has 0 radical (unpaired) electrons. The van der Waals surface area contributed by atoms with Gasteiger partial charge in [-0.25, -0.2) is 0 Å². The molecular formula is C37H52O8. The van der Waals surface area contributed by atoms with Crippen LogP contribution in [0.15, 0.2) is 48.5 Å². The monoisotopic (exact) mass is 624 g/mol. The van der Waals surface area contributed by atoms with Crippen LogP contribution in [0.5, 0.6) is 23.0 Å². The molecule has 5 atom stereocenters. The second kappa shape index (κ2) is 15.5. The molecule has 3 aliphatic carbocycles. The van der Waals surface area contributed by atoms with Gasteiger partial charge in [0.25, 0.3) is 0 Å². The van der Waals surface area contributed by atoms with Gasteiger partial charge in [-0.15, -0.1) is 0 Å². The largest absolute Gasteiger partial charge is 0.468 e. The maximum atomic E-state index is 12.1. The van der Waals surface area contributed by atoms with Gasteiger partial charge in [-0.05, 0) is 138 Å². The van der Waals surface area contributed by atoms with Crippen molar-refractivity contribution < 1.29 is 38.0 Å². The molecule has 2 aromatic rings. The van der Waals surface area contributed by atoms with Crippen molar-refractivity contribution in [1.29, 1.82) is 0 Å². The van der Waals surface area contributed by atoms with Gasteiger partial charge < -0.3 is 28.4 Å². The molecule has 5 unspecified atom stereocenters. The number of hydrogen-bond donors (Lipinski definition) is 0.